The summed E-state index contributed by atoms with van der Waals surface area (Å²) in [5, 5.41) is 3.67. The maximum absolute atomic E-state index is 3.82. The van der Waals surface area contributed by atoms with E-state index in [0.717, 1.165) is 6.54 Å². The first-order valence-corrected chi connectivity index (χ1v) is 6.96. The van der Waals surface area contributed by atoms with Gasteiger partial charge >= 0.3 is 0 Å². The van der Waals surface area contributed by atoms with E-state index < -0.39 is 0 Å². The van der Waals surface area contributed by atoms with Gasteiger partial charge in [0.25, 0.3) is 0 Å². The molecular weight excluding hydrogens is 210 g/mol. The predicted molar refractivity (Wildman–Crippen MR) is 73.3 cm³/mol. The lowest BCUT2D eigenvalue weighted by molar-refractivity contribution is 0.0420. The summed E-state index contributed by atoms with van der Waals surface area (Å²) >= 11 is 0. The number of rotatable bonds is 3. The van der Waals surface area contributed by atoms with E-state index in [1.165, 1.54) is 45.6 Å². The van der Waals surface area contributed by atoms with Crippen molar-refractivity contribution in [3.8, 4) is 0 Å². The average Bonchev–Trinajstić information content (AvgIpc) is 2.30. The first kappa shape index (κ1) is 13.1. The molecule has 0 bridgehead atoms. The lowest BCUT2D eigenvalue weighted by Crippen LogP contribution is -2.63. The topological polar surface area (TPSA) is 18.5 Å². The molecule has 0 aliphatic carbocycles. The van der Waals surface area contributed by atoms with Gasteiger partial charge in [-0.25, -0.2) is 0 Å². The number of nitrogens with one attached hydrogen (secondary N) is 1. The van der Waals surface area contributed by atoms with E-state index in [9.17, 15) is 0 Å². The Labute approximate surface area is 106 Å². The molecule has 2 heterocycles. The highest BCUT2D eigenvalue weighted by molar-refractivity contribution is 4.97. The standard InChI is InChI=1S/C14H27N3/c1-4-8-16-9-11-17(12-10-16)13-6-5-7-15-14(13,2)3/h4,13,15H,1,5-12H2,2-3H3. The van der Waals surface area contributed by atoms with Gasteiger partial charge in [-0.15, -0.1) is 6.58 Å². The molecule has 0 radical (unpaired) electrons. The van der Waals surface area contributed by atoms with Gasteiger partial charge in [-0.3, -0.25) is 9.80 Å². The smallest absolute Gasteiger partial charge is 0.0280 e. The van der Waals surface area contributed by atoms with Gasteiger partial charge in [0.2, 0.25) is 0 Å². The average molecular weight is 237 g/mol. The van der Waals surface area contributed by atoms with E-state index in [2.05, 4.69) is 35.5 Å². The van der Waals surface area contributed by atoms with Crippen LogP contribution in [0.25, 0.3) is 0 Å². The molecule has 0 aromatic rings. The molecule has 0 aromatic heterocycles. The molecule has 0 saturated carbocycles. The molecule has 1 atom stereocenters. The lowest BCUT2D eigenvalue weighted by Gasteiger charge is -2.48. The number of nitrogens with zero attached hydrogens (tertiary/aromatic N) is 2. The minimum Gasteiger partial charge on any atom is -0.310 e. The van der Waals surface area contributed by atoms with Gasteiger partial charge in [0.05, 0.1) is 0 Å². The third-order valence-corrected chi connectivity index (χ3v) is 4.30. The van der Waals surface area contributed by atoms with E-state index in [0.29, 0.717) is 6.04 Å². The van der Waals surface area contributed by atoms with Crippen LogP contribution in [0, 0.1) is 0 Å². The minimum absolute atomic E-state index is 0.277. The first-order valence-electron chi connectivity index (χ1n) is 6.96. The van der Waals surface area contributed by atoms with E-state index >= 15 is 0 Å². The molecule has 2 fully saturated rings. The Hall–Kier alpha value is -0.380. The highest BCUT2D eigenvalue weighted by Gasteiger charge is 2.36. The van der Waals surface area contributed by atoms with Crippen LogP contribution in [0.15, 0.2) is 12.7 Å². The Kier molecular flexibility index (Phi) is 4.23. The van der Waals surface area contributed by atoms with Crippen molar-refractivity contribution >= 4 is 0 Å². The Morgan fingerprint density at radius 2 is 2.00 bits per heavy atom. The molecular formula is C14H27N3. The molecule has 1 N–H and O–H groups in total. The summed E-state index contributed by atoms with van der Waals surface area (Å²) in [6.45, 7) is 15.6. The number of hydrogen-bond acceptors (Lipinski definition) is 3. The van der Waals surface area contributed by atoms with Crippen LogP contribution in [0.1, 0.15) is 26.7 Å². The monoisotopic (exact) mass is 237 g/mol. The fourth-order valence-electron chi connectivity index (χ4n) is 3.26. The van der Waals surface area contributed by atoms with Crippen LogP contribution in [0.4, 0.5) is 0 Å². The molecule has 0 spiro atoms. The summed E-state index contributed by atoms with van der Waals surface area (Å²) in [4.78, 5) is 5.18. The van der Waals surface area contributed by atoms with E-state index in [4.69, 9.17) is 0 Å². The van der Waals surface area contributed by atoms with Crippen LogP contribution in [0.3, 0.4) is 0 Å². The van der Waals surface area contributed by atoms with Crippen molar-refractivity contribution in [2.24, 2.45) is 0 Å². The summed E-state index contributed by atoms with van der Waals surface area (Å²) in [7, 11) is 0. The van der Waals surface area contributed by atoms with Gasteiger partial charge in [-0.2, -0.15) is 0 Å². The maximum Gasteiger partial charge on any atom is 0.0280 e. The molecule has 17 heavy (non-hydrogen) atoms. The minimum atomic E-state index is 0.277. The Balaban J connectivity index is 1.89. The molecule has 3 heteroatoms. The van der Waals surface area contributed by atoms with E-state index in [-0.39, 0.29) is 5.54 Å². The van der Waals surface area contributed by atoms with Crippen LogP contribution in [0.2, 0.25) is 0 Å². The Bertz CT molecular complexity index is 254. The molecule has 1 unspecified atom stereocenters. The van der Waals surface area contributed by atoms with Crippen LogP contribution in [0.5, 0.6) is 0 Å². The van der Waals surface area contributed by atoms with Gasteiger partial charge < -0.3 is 5.32 Å². The van der Waals surface area contributed by atoms with Crippen molar-refractivity contribution in [3.63, 3.8) is 0 Å². The fourth-order valence-corrected chi connectivity index (χ4v) is 3.26. The lowest BCUT2D eigenvalue weighted by atomic mass is 9.85. The van der Waals surface area contributed by atoms with Gasteiger partial charge in [-0.05, 0) is 33.2 Å². The van der Waals surface area contributed by atoms with E-state index in [1.807, 2.05) is 6.08 Å². The maximum atomic E-state index is 3.82. The molecule has 2 aliphatic rings. The molecule has 0 amide bonds. The van der Waals surface area contributed by atoms with E-state index in [1.54, 1.807) is 0 Å². The third-order valence-electron chi connectivity index (χ3n) is 4.30. The van der Waals surface area contributed by atoms with Crippen molar-refractivity contribution in [1.82, 2.24) is 15.1 Å². The van der Waals surface area contributed by atoms with Crippen molar-refractivity contribution in [2.45, 2.75) is 38.3 Å². The molecule has 2 rings (SSSR count). The zero-order valence-corrected chi connectivity index (χ0v) is 11.4. The summed E-state index contributed by atoms with van der Waals surface area (Å²) < 4.78 is 0. The zero-order chi connectivity index (χ0) is 12.3. The van der Waals surface area contributed by atoms with Crippen LogP contribution in [-0.2, 0) is 0 Å². The fraction of sp³-hybridized carbons (Fsp3) is 0.857. The predicted octanol–water partition coefficient (Wildman–Crippen LogP) is 1.32. The number of piperazine rings is 1. The van der Waals surface area contributed by atoms with Crippen LogP contribution in [-0.4, -0.2) is 60.6 Å². The summed E-state index contributed by atoms with van der Waals surface area (Å²) in [6, 6.07) is 0.710. The largest absolute Gasteiger partial charge is 0.310 e. The molecule has 0 aromatic carbocycles. The van der Waals surface area contributed by atoms with Crippen molar-refractivity contribution < 1.29 is 0 Å². The van der Waals surface area contributed by atoms with Crippen LogP contribution < -0.4 is 5.32 Å². The quantitative estimate of drug-likeness (QED) is 0.747. The van der Waals surface area contributed by atoms with Gasteiger partial charge in [-0.1, -0.05) is 6.08 Å². The van der Waals surface area contributed by atoms with Crippen molar-refractivity contribution in [3.05, 3.63) is 12.7 Å². The Morgan fingerprint density at radius 3 is 2.59 bits per heavy atom. The van der Waals surface area contributed by atoms with Gasteiger partial charge in [0, 0.05) is 44.3 Å². The second kappa shape index (κ2) is 5.51. The molecule has 3 nitrogen and oxygen atoms in total. The third kappa shape index (κ3) is 3.09. The SMILES string of the molecule is C=CCN1CCN(C2CCCNC2(C)C)CC1. The van der Waals surface area contributed by atoms with Crippen LogP contribution >= 0.6 is 0 Å². The van der Waals surface area contributed by atoms with Gasteiger partial charge in [0.1, 0.15) is 0 Å². The zero-order valence-electron chi connectivity index (χ0n) is 11.4. The van der Waals surface area contributed by atoms with Crippen molar-refractivity contribution in [1.29, 1.82) is 0 Å². The summed E-state index contributed by atoms with van der Waals surface area (Å²) in [5.41, 5.74) is 0.277. The first-order chi connectivity index (χ1) is 8.13. The molecule has 98 valence electrons. The van der Waals surface area contributed by atoms with Crippen molar-refractivity contribution in [2.75, 3.05) is 39.3 Å². The number of piperidine rings is 1. The molecule has 2 saturated heterocycles. The highest BCUT2D eigenvalue weighted by atomic mass is 15.3. The second-order valence-electron chi connectivity index (χ2n) is 5.93. The van der Waals surface area contributed by atoms with Gasteiger partial charge in [0.15, 0.2) is 0 Å². The normalized spacial score (nSPS) is 31.3. The summed E-state index contributed by atoms with van der Waals surface area (Å²) in [5.74, 6) is 0. The molecule has 2 aliphatic heterocycles. The Morgan fingerprint density at radius 1 is 1.29 bits per heavy atom. The number of hydrogen-bond donors (Lipinski definition) is 1. The highest BCUT2D eigenvalue weighted by Crippen LogP contribution is 2.25. The summed E-state index contributed by atoms with van der Waals surface area (Å²) in [6.07, 6.45) is 4.68. The second-order valence-corrected chi connectivity index (χ2v) is 5.93.